The molecule has 0 atom stereocenters. The summed E-state index contributed by atoms with van der Waals surface area (Å²) >= 11 is 1.74. The summed E-state index contributed by atoms with van der Waals surface area (Å²) < 4.78 is 0. The zero-order valence-electron chi connectivity index (χ0n) is 7.93. The molecule has 1 aromatic rings. The van der Waals surface area contributed by atoms with Crippen LogP contribution in [0.25, 0.3) is 0 Å². The standard InChI is InChI=1S/C11H11NOS/c1-2-3-8-14-11-6-4-10(5-7-11)12-9-13/h2-7H,8H2,1H3/b3-2+. The Kier molecular flexibility index (Phi) is 4.76. The molecule has 2 nitrogen and oxygen atoms in total. The van der Waals surface area contributed by atoms with Crippen LogP contribution in [0.1, 0.15) is 6.92 Å². The average molecular weight is 205 g/mol. The lowest BCUT2D eigenvalue weighted by molar-refractivity contribution is 0.565. The van der Waals surface area contributed by atoms with E-state index in [0.29, 0.717) is 5.69 Å². The quantitative estimate of drug-likeness (QED) is 0.326. The minimum absolute atomic E-state index is 0.649. The SMILES string of the molecule is C/C=C/CSc1ccc(N=C=O)cc1. The van der Waals surface area contributed by atoms with Crippen LogP contribution in [0, 0.1) is 0 Å². The maximum atomic E-state index is 9.96. The fourth-order valence-electron chi connectivity index (χ4n) is 0.910. The average Bonchev–Trinajstić information content (AvgIpc) is 2.21. The fraction of sp³-hybridized carbons (Fsp3) is 0.182. The molecule has 0 unspecified atom stereocenters. The molecule has 0 N–H and O–H groups in total. The van der Waals surface area contributed by atoms with Gasteiger partial charge in [-0.25, -0.2) is 4.79 Å². The molecule has 1 rings (SSSR count). The van der Waals surface area contributed by atoms with E-state index in [2.05, 4.69) is 11.1 Å². The van der Waals surface area contributed by atoms with Crippen molar-refractivity contribution < 1.29 is 4.79 Å². The number of benzene rings is 1. The van der Waals surface area contributed by atoms with Crippen LogP contribution >= 0.6 is 11.8 Å². The summed E-state index contributed by atoms with van der Waals surface area (Å²) in [6.07, 6.45) is 5.64. The van der Waals surface area contributed by atoms with Crippen LogP contribution < -0.4 is 0 Å². The molecule has 0 amide bonds. The van der Waals surface area contributed by atoms with Crippen molar-refractivity contribution in [2.45, 2.75) is 11.8 Å². The van der Waals surface area contributed by atoms with Crippen LogP contribution in [0.5, 0.6) is 0 Å². The third-order valence-corrected chi connectivity index (χ3v) is 2.56. The first-order chi connectivity index (χ1) is 6.86. The maximum absolute atomic E-state index is 9.96. The molecule has 1 aromatic carbocycles. The van der Waals surface area contributed by atoms with E-state index >= 15 is 0 Å². The highest BCUT2D eigenvalue weighted by Crippen LogP contribution is 2.21. The lowest BCUT2D eigenvalue weighted by Crippen LogP contribution is -1.73. The molecular formula is C11H11NOS. The predicted molar refractivity (Wildman–Crippen MR) is 59.8 cm³/mol. The number of aliphatic imine (C=N–C) groups is 1. The minimum Gasteiger partial charge on any atom is -0.211 e. The Bertz CT molecular complexity index is 350. The molecule has 0 spiro atoms. The molecular weight excluding hydrogens is 194 g/mol. The summed E-state index contributed by atoms with van der Waals surface area (Å²) in [6.45, 7) is 2.00. The van der Waals surface area contributed by atoms with E-state index in [1.807, 2.05) is 37.3 Å². The Morgan fingerprint density at radius 3 is 2.71 bits per heavy atom. The van der Waals surface area contributed by atoms with E-state index in [1.54, 1.807) is 11.8 Å². The van der Waals surface area contributed by atoms with Crippen molar-refractivity contribution in [3.05, 3.63) is 36.4 Å². The number of thioether (sulfide) groups is 1. The van der Waals surface area contributed by atoms with Gasteiger partial charge in [0.2, 0.25) is 6.08 Å². The third-order valence-electron chi connectivity index (χ3n) is 1.59. The molecule has 0 heterocycles. The third kappa shape index (κ3) is 3.60. The zero-order chi connectivity index (χ0) is 10.2. The Hall–Kier alpha value is -1.31. The van der Waals surface area contributed by atoms with E-state index < -0.39 is 0 Å². The molecule has 72 valence electrons. The molecule has 14 heavy (non-hydrogen) atoms. The van der Waals surface area contributed by atoms with Gasteiger partial charge in [0.15, 0.2) is 0 Å². The van der Waals surface area contributed by atoms with Gasteiger partial charge < -0.3 is 0 Å². The van der Waals surface area contributed by atoms with E-state index in [0.717, 1.165) is 5.75 Å². The van der Waals surface area contributed by atoms with E-state index in [-0.39, 0.29) is 0 Å². The van der Waals surface area contributed by atoms with Gasteiger partial charge in [0.05, 0.1) is 5.69 Å². The normalized spacial score (nSPS) is 10.1. The Labute approximate surface area is 87.7 Å². The van der Waals surface area contributed by atoms with Crippen molar-refractivity contribution in [3.8, 4) is 0 Å². The van der Waals surface area contributed by atoms with Crippen LogP contribution in [-0.2, 0) is 4.79 Å². The highest BCUT2D eigenvalue weighted by atomic mass is 32.2. The highest BCUT2D eigenvalue weighted by Gasteiger charge is 1.92. The number of carbonyl (C=O) groups excluding carboxylic acids is 1. The second-order valence-electron chi connectivity index (χ2n) is 2.58. The van der Waals surface area contributed by atoms with Gasteiger partial charge in [-0.15, -0.1) is 11.8 Å². The number of isocyanates is 1. The van der Waals surface area contributed by atoms with Gasteiger partial charge in [0.25, 0.3) is 0 Å². The van der Waals surface area contributed by atoms with Gasteiger partial charge in [-0.3, -0.25) is 0 Å². The molecule has 0 saturated carbocycles. The number of hydrogen-bond acceptors (Lipinski definition) is 3. The monoisotopic (exact) mass is 205 g/mol. The molecule has 0 aliphatic carbocycles. The van der Waals surface area contributed by atoms with E-state index in [4.69, 9.17) is 0 Å². The molecule has 0 radical (unpaired) electrons. The first kappa shape index (κ1) is 10.8. The van der Waals surface area contributed by atoms with Gasteiger partial charge >= 0.3 is 0 Å². The molecule has 0 fully saturated rings. The second-order valence-corrected chi connectivity index (χ2v) is 3.67. The minimum atomic E-state index is 0.649. The number of hydrogen-bond donors (Lipinski definition) is 0. The fourth-order valence-corrected chi connectivity index (χ4v) is 1.72. The number of nitrogens with zero attached hydrogens (tertiary/aromatic N) is 1. The van der Waals surface area contributed by atoms with Crippen molar-refractivity contribution in [3.63, 3.8) is 0 Å². The van der Waals surface area contributed by atoms with Crippen molar-refractivity contribution in [1.29, 1.82) is 0 Å². The number of allylic oxidation sites excluding steroid dienone is 1. The van der Waals surface area contributed by atoms with Gasteiger partial charge in [0.1, 0.15) is 0 Å². The Balaban J connectivity index is 2.59. The van der Waals surface area contributed by atoms with E-state index in [9.17, 15) is 4.79 Å². The molecule has 0 aliphatic heterocycles. The largest absolute Gasteiger partial charge is 0.240 e. The van der Waals surface area contributed by atoms with Gasteiger partial charge in [-0.05, 0) is 31.2 Å². The first-order valence-electron chi connectivity index (χ1n) is 4.28. The molecule has 0 saturated heterocycles. The number of rotatable bonds is 4. The summed E-state index contributed by atoms with van der Waals surface area (Å²) in [5.41, 5.74) is 0.649. The predicted octanol–water partition coefficient (Wildman–Crippen LogP) is 3.32. The van der Waals surface area contributed by atoms with E-state index in [1.165, 1.54) is 11.0 Å². The first-order valence-corrected chi connectivity index (χ1v) is 5.27. The summed E-state index contributed by atoms with van der Waals surface area (Å²) in [4.78, 5) is 14.7. The van der Waals surface area contributed by atoms with Crippen LogP contribution in [-0.4, -0.2) is 11.8 Å². The smallest absolute Gasteiger partial charge is 0.211 e. The summed E-state index contributed by atoms with van der Waals surface area (Å²) in [5.74, 6) is 0.965. The zero-order valence-corrected chi connectivity index (χ0v) is 8.75. The van der Waals surface area contributed by atoms with Crippen LogP contribution in [0.4, 0.5) is 5.69 Å². The summed E-state index contributed by atoms with van der Waals surface area (Å²) in [5, 5.41) is 0. The van der Waals surface area contributed by atoms with Gasteiger partial charge in [-0.1, -0.05) is 12.2 Å². The lowest BCUT2D eigenvalue weighted by Gasteiger charge is -1.97. The Morgan fingerprint density at radius 2 is 2.14 bits per heavy atom. The van der Waals surface area contributed by atoms with Crippen molar-refractivity contribution >= 4 is 23.5 Å². The topological polar surface area (TPSA) is 29.4 Å². The van der Waals surface area contributed by atoms with Crippen molar-refractivity contribution in [2.75, 3.05) is 5.75 Å². The second kappa shape index (κ2) is 6.19. The molecule has 0 aliphatic rings. The van der Waals surface area contributed by atoms with Gasteiger partial charge in [-0.2, -0.15) is 4.99 Å². The van der Waals surface area contributed by atoms with Crippen molar-refractivity contribution in [1.82, 2.24) is 0 Å². The summed E-state index contributed by atoms with van der Waals surface area (Å²) in [6, 6.07) is 7.51. The lowest BCUT2D eigenvalue weighted by atomic mass is 10.3. The van der Waals surface area contributed by atoms with Crippen LogP contribution in [0.2, 0.25) is 0 Å². The van der Waals surface area contributed by atoms with Crippen LogP contribution in [0.3, 0.4) is 0 Å². The summed E-state index contributed by atoms with van der Waals surface area (Å²) in [7, 11) is 0. The Morgan fingerprint density at radius 1 is 1.43 bits per heavy atom. The van der Waals surface area contributed by atoms with Crippen LogP contribution in [0.15, 0.2) is 46.3 Å². The molecule has 0 aromatic heterocycles. The highest BCUT2D eigenvalue weighted by molar-refractivity contribution is 7.99. The molecule has 3 heteroatoms. The molecule has 0 bridgehead atoms. The maximum Gasteiger partial charge on any atom is 0.240 e. The van der Waals surface area contributed by atoms with Gasteiger partial charge in [0, 0.05) is 10.6 Å². The van der Waals surface area contributed by atoms with Crippen molar-refractivity contribution in [2.24, 2.45) is 4.99 Å².